The topological polar surface area (TPSA) is 29.0 Å². The molecule has 0 aliphatic carbocycles. The molecule has 1 atom stereocenters. The molecule has 4 rings (SSSR count). The summed E-state index contributed by atoms with van der Waals surface area (Å²) in [5.41, 5.74) is 2.21. The smallest absolute Gasteiger partial charge is 0.186 e. The molecule has 0 bridgehead atoms. The highest BCUT2D eigenvalue weighted by Gasteiger charge is 2.26. The van der Waals surface area contributed by atoms with Crippen molar-refractivity contribution < 1.29 is 0 Å². The molecule has 106 valence electrons. The first-order chi connectivity index (χ1) is 10.3. The molecule has 3 heterocycles. The van der Waals surface area contributed by atoms with Gasteiger partial charge in [0.1, 0.15) is 0 Å². The first kappa shape index (κ1) is 13.0. The lowest BCUT2D eigenvalue weighted by molar-refractivity contribution is 0.744. The van der Waals surface area contributed by atoms with Crippen LogP contribution in [0.3, 0.4) is 0 Å². The molecule has 0 spiro atoms. The predicted molar refractivity (Wildman–Crippen MR) is 88.4 cm³/mol. The average molecular weight is 316 g/mol. The van der Waals surface area contributed by atoms with Gasteiger partial charge < -0.3 is 4.90 Å². The molecule has 2 aromatic heterocycles. The second-order valence-corrected chi connectivity index (χ2v) is 6.74. The monoisotopic (exact) mass is 315 g/mol. The van der Waals surface area contributed by atoms with Gasteiger partial charge in [-0.1, -0.05) is 29.0 Å². The first-order valence-corrected chi connectivity index (χ1v) is 8.21. The van der Waals surface area contributed by atoms with Gasteiger partial charge in [-0.15, -0.1) is 0 Å². The molecule has 1 aliphatic heterocycles. The van der Waals surface area contributed by atoms with Crippen molar-refractivity contribution in [3.05, 3.63) is 53.3 Å². The van der Waals surface area contributed by atoms with Crippen molar-refractivity contribution >= 4 is 38.3 Å². The maximum absolute atomic E-state index is 6.05. The Balaban J connectivity index is 1.59. The molecule has 1 fully saturated rings. The lowest BCUT2D eigenvalue weighted by atomic mass is 10.0. The summed E-state index contributed by atoms with van der Waals surface area (Å²) >= 11 is 7.76. The minimum Gasteiger partial charge on any atom is -0.347 e. The zero-order chi connectivity index (χ0) is 14.2. The van der Waals surface area contributed by atoms with E-state index in [2.05, 4.69) is 22.0 Å². The van der Waals surface area contributed by atoms with Crippen molar-refractivity contribution in [1.82, 2.24) is 9.97 Å². The van der Waals surface area contributed by atoms with Crippen LogP contribution in [0.1, 0.15) is 18.0 Å². The second-order valence-electron chi connectivity index (χ2n) is 5.29. The van der Waals surface area contributed by atoms with Gasteiger partial charge in [-0.25, -0.2) is 4.98 Å². The van der Waals surface area contributed by atoms with Gasteiger partial charge in [0.05, 0.1) is 10.2 Å². The minimum absolute atomic E-state index is 0.502. The second kappa shape index (κ2) is 5.28. The number of aromatic nitrogens is 2. The standard InChI is InChI=1S/C16H14ClN3S/c17-12-4-5-14-15(9-12)21-16(19-14)20-8-6-11(10-20)13-3-1-2-7-18-13/h1-5,7,9,11H,6,8,10H2. The van der Waals surface area contributed by atoms with Crippen LogP contribution in [0.4, 0.5) is 5.13 Å². The largest absolute Gasteiger partial charge is 0.347 e. The SMILES string of the molecule is Clc1ccc2nc(N3CCC(c4ccccn4)C3)sc2c1. The van der Waals surface area contributed by atoms with Crippen LogP contribution in [0.25, 0.3) is 10.2 Å². The number of nitrogens with zero attached hydrogens (tertiary/aromatic N) is 3. The Kier molecular flexibility index (Phi) is 3.28. The maximum Gasteiger partial charge on any atom is 0.186 e. The predicted octanol–water partition coefficient (Wildman–Crippen LogP) is 4.34. The fourth-order valence-electron chi connectivity index (χ4n) is 2.81. The van der Waals surface area contributed by atoms with Crippen molar-refractivity contribution in [2.24, 2.45) is 0 Å². The first-order valence-electron chi connectivity index (χ1n) is 7.01. The molecule has 1 aliphatic rings. The van der Waals surface area contributed by atoms with Gasteiger partial charge in [-0.2, -0.15) is 0 Å². The molecule has 1 unspecified atom stereocenters. The number of anilines is 1. The van der Waals surface area contributed by atoms with Crippen LogP contribution in [-0.2, 0) is 0 Å². The third-order valence-electron chi connectivity index (χ3n) is 3.90. The molecule has 0 saturated carbocycles. The molecular formula is C16H14ClN3S. The van der Waals surface area contributed by atoms with Gasteiger partial charge in [0.25, 0.3) is 0 Å². The van der Waals surface area contributed by atoms with Crippen molar-refractivity contribution in [3.63, 3.8) is 0 Å². The Hall–Kier alpha value is -1.65. The van der Waals surface area contributed by atoms with Gasteiger partial charge in [0, 0.05) is 35.9 Å². The lowest BCUT2D eigenvalue weighted by Crippen LogP contribution is -2.18. The number of rotatable bonds is 2. The number of pyridine rings is 1. The number of halogens is 1. The highest BCUT2D eigenvalue weighted by Crippen LogP contribution is 2.35. The zero-order valence-corrected chi connectivity index (χ0v) is 12.9. The van der Waals surface area contributed by atoms with Crippen molar-refractivity contribution in [2.45, 2.75) is 12.3 Å². The van der Waals surface area contributed by atoms with E-state index in [1.165, 1.54) is 5.69 Å². The van der Waals surface area contributed by atoms with E-state index in [1.54, 1.807) is 11.3 Å². The van der Waals surface area contributed by atoms with E-state index in [0.29, 0.717) is 5.92 Å². The van der Waals surface area contributed by atoms with Gasteiger partial charge in [-0.3, -0.25) is 4.98 Å². The molecular weight excluding hydrogens is 302 g/mol. The zero-order valence-electron chi connectivity index (χ0n) is 11.4. The van der Waals surface area contributed by atoms with E-state index in [4.69, 9.17) is 16.6 Å². The maximum atomic E-state index is 6.05. The van der Waals surface area contributed by atoms with Crippen molar-refractivity contribution in [2.75, 3.05) is 18.0 Å². The molecule has 21 heavy (non-hydrogen) atoms. The Morgan fingerprint density at radius 2 is 2.19 bits per heavy atom. The fourth-order valence-corrected chi connectivity index (χ4v) is 4.09. The minimum atomic E-state index is 0.502. The average Bonchev–Trinajstić information content (AvgIpc) is 3.14. The Bertz CT molecular complexity index is 772. The van der Waals surface area contributed by atoms with E-state index in [1.807, 2.05) is 30.5 Å². The number of hydrogen-bond donors (Lipinski definition) is 0. The fraction of sp³-hybridized carbons (Fsp3) is 0.250. The summed E-state index contributed by atoms with van der Waals surface area (Å²) in [6.07, 6.45) is 3.01. The lowest BCUT2D eigenvalue weighted by Gasteiger charge is -2.14. The van der Waals surface area contributed by atoms with Gasteiger partial charge >= 0.3 is 0 Å². The van der Waals surface area contributed by atoms with Crippen LogP contribution in [0, 0.1) is 0 Å². The van der Waals surface area contributed by atoms with Crippen LogP contribution >= 0.6 is 22.9 Å². The van der Waals surface area contributed by atoms with E-state index in [9.17, 15) is 0 Å². The Morgan fingerprint density at radius 1 is 1.24 bits per heavy atom. The summed E-state index contributed by atoms with van der Waals surface area (Å²) in [5, 5.41) is 1.86. The van der Waals surface area contributed by atoms with Crippen LogP contribution in [-0.4, -0.2) is 23.1 Å². The van der Waals surface area contributed by atoms with E-state index in [-0.39, 0.29) is 0 Å². The molecule has 1 aromatic carbocycles. The third-order valence-corrected chi connectivity index (χ3v) is 5.22. The van der Waals surface area contributed by atoms with Crippen LogP contribution < -0.4 is 4.90 Å². The van der Waals surface area contributed by atoms with Crippen LogP contribution in [0.15, 0.2) is 42.6 Å². The normalized spacial score (nSPS) is 18.5. The molecule has 0 radical (unpaired) electrons. The van der Waals surface area contributed by atoms with Crippen LogP contribution in [0.2, 0.25) is 5.02 Å². The molecule has 0 amide bonds. The Morgan fingerprint density at radius 3 is 3.05 bits per heavy atom. The summed E-state index contributed by atoms with van der Waals surface area (Å²) in [6.45, 7) is 2.03. The molecule has 5 heteroatoms. The summed E-state index contributed by atoms with van der Waals surface area (Å²) in [4.78, 5) is 11.6. The van der Waals surface area contributed by atoms with Gasteiger partial charge in [0.2, 0.25) is 0 Å². The van der Waals surface area contributed by atoms with Gasteiger partial charge in [-0.05, 0) is 36.8 Å². The number of benzene rings is 1. The Labute approximate surface area is 132 Å². The van der Waals surface area contributed by atoms with E-state index >= 15 is 0 Å². The van der Waals surface area contributed by atoms with E-state index in [0.717, 1.165) is 39.9 Å². The third kappa shape index (κ3) is 2.49. The van der Waals surface area contributed by atoms with E-state index < -0.39 is 0 Å². The number of hydrogen-bond acceptors (Lipinski definition) is 4. The highest BCUT2D eigenvalue weighted by atomic mass is 35.5. The highest BCUT2D eigenvalue weighted by molar-refractivity contribution is 7.22. The molecule has 1 saturated heterocycles. The van der Waals surface area contributed by atoms with Crippen molar-refractivity contribution in [3.8, 4) is 0 Å². The quantitative estimate of drug-likeness (QED) is 0.704. The number of thiazole rings is 1. The summed E-state index contributed by atoms with van der Waals surface area (Å²) < 4.78 is 1.15. The summed E-state index contributed by atoms with van der Waals surface area (Å²) in [7, 11) is 0. The molecule has 0 N–H and O–H groups in total. The number of fused-ring (bicyclic) bond motifs is 1. The molecule has 3 nitrogen and oxygen atoms in total. The molecule has 3 aromatic rings. The van der Waals surface area contributed by atoms with Gasteiger partial charge in [0.15, 0.2) is 5.13 Å². The summed E-state index contributed by atoms with van der Waals surface area (Å²) in [5.74, 6) is 0.502. The van der Waals surface area contributed by atoms with Crippen molar-refractivity contribution in [1.29, 1.82) is 0 Å². The van der Waals surface area contributed by atoms with Crippen LogP contribution in [0.5, 0.6) is 0 Å². The summed E-state index contributed by atoms with van der Waals surface area (Å²) in [6, 6.07) is 12.0.